The Bertz CT molecular complexity index is 377. The molecule has 0 rings (SSSR count). The normalized spacial score (nSPS) is 19.5. The Morgan fingerprint density at radius 1 is 0.895 bits per heavy atom. The second kappa shape index (κ2) is 7.38. The van der Waals surface area contributed by atoms with Crippen LogP contribution in [0.25, 0.3) is 0 Å². The van der Waals surface area contributed by atoms with Crippen molar-refractivity contribution in [2.24, 2.45) is 0 Å². The molecule has 0 N–H and O–H groups in total. The van der Waals surface area contributed by atoms with Gasteiger partial charge < -0.3 is 4.55 Å². The maximum absolute atomic E-state index is 12.6. The monoisotopic (exact) mass is 332 g/mol. The van der Waals surface area contributed by atoms with E-state index in [-0.39, 0.29) is 29.6 Å². The van der Waals surface area contributed by atoms with Gasteiger partial charge in [-0.1, -0.05) is 0 Å². The summed E-state index contributed by atoms with van der Waals surface area (Å²) in [5.74, 6) is -5.79. The molecule has 0 aliphatic rings. The molecule has 0 aromatic heterocycles. The molecule has 0 radical (unpaired) electrons. The van der Waals surface area contributed by atoms with Crippen LogP contribution in [0.15, 0.2) is 0 Å². The van der Waals surface area contributed by atoms with Crippen LogP contribution in [-0.4, -0.2) is 49.3 Å². The van der Waals surface area contributed by atoms with E-state index in [1.807, 2.05) is 0 Å². The summed E-state index contributed by atoms with van der Waals surface area (Å²) in [6, 6.07) is 0. The van der Waals surface area contributed by atoms with Gasteiger partial charge in [-0.05, 0) is 0 Å². The van der Waals surface area contributed by atoms with Crippen molar-refractivity contribution in [2.45, 2.75) is 36.4 Å². The quantitative estimate of drug-likeness (QED) is 0.347. The minimum absolute atomic E-state index is 0. The van der Waals surface area contributed by atoms with Crippen molar-refractivity contribution < 1.29 is 77.7 Å². The van der Waals surface area contributed by atoms with Gasteiger partial charge in [0.2, 0.25) is 6.17 Å². The van der Waals surface area contributed by atoms with Gasteiger partial charge in [-0.15, -0.1) is 0 Å². The molecular formula is C6H5F8NaO3S. The van der Waals surface area contributed by atoms with Crippen LogP contribution in [0.4, 0.5) is 35.1 Å². The maximum Gasteiger partial charge on any atom is 1.00 e. The second-order valence-electron chi connectivity index (χ2n) is 3.11. The van der Waals surface area contributed by atoms with Gasteiger partial charge in [-0.2, -0.15) is 8.78 Å². The summed E-state index contributed by atoms with van der Waals surface area (Å²) in [6.07, 6.45) is -17.0. The van der Waals surface area contributed by atoms with Crippen LogP contribution in [-0.2, 0) is 10.1 Å². The van der Waals surface area contributed by atoms with Gasteiger partial charge in [0.05, 0.1) is 0 Å². The summed E-state index contributed by atoms with van der Waals surface area (Å²) in [6.45, 7) is 0. The molecule has 3 nitrogen and oxygen atoms in total. The Balaban J connectivity index is 0. The van der Waals surface area contributed by atoms with E-state index < -0.39 is 46.5 Å². The Morgan fingerprint density at radius 2 is 1.26 bits per heavy atom. The first-order valence-corrected chi connectivity index (χ1v) is 5.47. The third kappa shape index (κ3) is 5.33. The van der Waals surface area contributed by atoms with E-state index >= 15 is 0 Å². The topological polar surface area (TPSA) is 57.2 Å². The molecule has 0 aliphatic heterocycles. The molecule has 4 atom stereocenters. The molecule has 0 aliphatic carbocycles. The SMILES string of the molecule is O=S(=O)([O-])C(F)C(F)(F)C(F)C(F)C(F)C(F)F.[Na+]. The van der Waals surface area contributed by atoms with E-state index in [0.717, 1.165) is 0 Å². The predicted octanol–water partition coefficient (Wildman–Crippen LogP) is -1.25. The molecule has 0 saturated carbocycles. The Morgan fingerprint density at radius 3 is 1.53 bits per heavy atom. The van der Waals surface area contributed by atoms with E-state index in [9.17, 15) is 48.1 Å². The third-order valence-corrected chi connectivity index (χ3v) is 2.57. The summed E-state index contributed by atoms with van der Waals surface area (Å²) in [7, 11) is -6.37. The minimum atomic E-state index is -6.37. The van der Waals surface area contributed by atoms with E-state index in [1.54, 1.807) is 0 Å². The Labute approximate surface area is 124 Å². The Hall–Kier alpha value is 0.350. The smallest absolute Gasteiger partial charge is 0.746 e. The Kier molecular flexibility index (Phi) is 8.41. The molecule has 4 unspecified atom stereocenters. The van der Waals surface area contributed by atoms with Gasteiger partial charge in [0.1, 0.15) is 10.1 Å². The van der Waals surface area contributed by atoms with E-state index in [0.29, 0.717) is 0 Å². The van der Waals surface area contributed by atoms with Crippen LogP contribution in [0.5, 0.6) is 0 Å². The largest absolute Gasteiger partial charge is 1.00 e. The number of halogens is 8. The predicted molar refractivity (Wildman–Crippen MR) is 40.2 cm³/mol. The molecule has 19 heavy (non-hydrogen) atoms. The summed E-state index contributed by atoms with van der Waals surface area (Å²) in [5.41, 5.74) is -4.72. The first-order valence-electron chi connectivity index (χ1n) is 4.00. The van der Waals surface area contributed by atoms with E-state index in [2.05, 4.69) is 0 Å². The standard InChI is InChI=1S/C6H6F8O3S.Na/c7-1(2(8)4(10)11)3(9)6(13,14)5(12)18(15,16)17;/h1-5H,(H,15,16,17);/q;+1/p-1. The van der Waals surface area contributed by atoms with Crippen molar-refractivity contribution in [3.8, 4) is 0 Å². The van der Waals surface area contributed by atoms with Gasteiger partial charge in [-0.3, -0.25) is 0 Å². The van der Waals surface area contributed by atoms with Crippen LogP contribution in [0.3, 0.4) is 0 Å². The fourth-order valence-electron chi connectivity index (χ4n) is 0.830. The van der Waals surface area contributed by atoms with Crippen molar-refractivity contribution >= 4 is 10.1 Å². The van der Waals surface area contributed by atoms with Crippen LogP contribution in [0.1, 0.15) is 0 Å². The first kappa shape index (κ1) is 21.6. The van der Waals surface area contributed by atoms with Crippen molar-refractivity contribution in [1.82, 2.24) is 0 Å². The average Bonchev–Trinajstić information content (AvgIpc) is 2.23. The molecule has 0 bridgehead atoms. The summed E-state index contributed by atoms with van der Waals surface area (Å²) >= 11 is 0. The molecule has 0 aromatic rings. The van der Waals surface area contributed by atoms with Crippen molar-refractivity contribution in [2.75, 3.05) is 0 Å². The summed E-state index contributed by atoms with van der Waals surface area (Å²) in [4.78, 5) is 0. The molecular weight excluding hydrogens is 327 g/mol. The second-order valence-corrected chi connectivity index (χ2v) is 4.51. The van der Waals surface area contributed by atoms with Crippen molar-refractivity contribution in [3.63, 3.8) is 0 Å². The van der Waals surface area contributed by atoms with Crippen LogP contribution in [0, 0.1) is 0 Å². The average molecular weight is 332 g/mol. The third-order valence-electron chi connectivity index (χ3n) is 1.75. The minimum Gasteiger partial charge on any atom is -0.746 e. The molecule has 13 heteroatoms. The molecule has 0 heterocycles. The molecule has 110 valence electrons. The van der Waals surface area contributed by atoms with E-state index in [4.69, 9.17) is 0 Å². The fraction of sp³-hybridized carbons (Fsp3) is 1.00. The zero-order chi connectivity index (χ0) is 14.9. The molecule has 0 fully saturated rings. The fourth-order valence-corrected chi connectivity index (χ4v) is 1.35. The van der Waals surface area contributed by atoms with Crippen LogP contribution in [0.2, 0.25) is 0 Å². The van der Waals surface area contributed by atoms with Gasteiger partial charge in [0, 0.05) is 0 Å². The molecule has 0 saturated heterocycles. The first-order chi connectivity index (χ1) is 7.83. The van der Waals surface area contributed by atoms with Crippen molar-refractivity contribution in [3.05, 3.63) is 0 Å². The van der Waals surface area contributed by atoms with Crippen LogP contribution >= 0.6 is 0 Å². The number of hydrogen-bond acceptors (Lipinski definition) is 3. The van der Waals surface area contributed by atoms with Gasteiger partial charge in [0.25, 0.3) is 11.9 Å². The number of rotatable bonds is 6. The summed E-state index contributed by atoms with van der Waals surface area (Å²) in [5, 5.41) is 0. The van der Waals surface area contributed by atoms with Gasteiger partial charge in [-0.25, -0.2) is 34.8 Å². The summed E-state index contributed by atoms with van der Waals surface area (Å²) < 4.78 is 128. The number of hydrogen-bond donors (Lipinski definition) is 0. The zero-order valence-electron chi connectivity index (χ0n) is 9.04. The number of alkyl halides is 8. The van der Waals surface area contributed by atoms with E-state index in [1.165, 1.54) is 0 Å². The molecule has 0 aromatic carbocycles. The molecule has 0 spiro atoms. The molecule has 0 amide bonds. The van der Waals surface area contributed by atoms with Gasteiger partial charge in [0.15, 0.2) is 12.3 Å². The maximum atomic E-state index is 12.6. The van der Waals surface area contributed by atoms with Crippen molar-refractivity contribution in [1.29, 1.82) is 0 Å². The van der Waals surface area contributed by atoms with Crippen LogP contribution < -0.4 is 29.6 Å². The zero-order valence-corrected chi connectivity index (χ0v) is 11.9. The van der Waals surface area contributed by atoms with Gasteiger partial charge >= 0.3 is 35.5 Å².